The third-order valence-corrected chi connectivity index (χ3v) is 3.46. The molecule has 0 aliphatic heterocycles. The molecule has 2 rings (SSSR count). The minimum absolute atomic E-state index is 0.252. The summed E-state index contributed by atoms with van der Waals surface area (Å²) in [5, 5.41) is 0. The van der Waals surface area contributed by atoms with Crippen LogP contribution in [0.2, 0.25) is 0 Å². The Kier molecular flexibility index (Phi) is 4.75. The van der Waals surface area contributed by atoms with Gasteiger partial charge in [-0.25, -0.2) is 4.39 Å². The monoisotopic (exact) mass is 304 g/mol. The standard InChI is InChI=1S/C16H17FN2OS/c1-19(13-6-4-12(5-7-13)16(18)21)10-11-3-8-15(20-2)14(17)9-11/h3-9H,10H2,1-2H3,(H2,18,21). The number of hydrogen-bond acceptors (Lipinski definition) is 3. The van der Waals surface area contributed by atoms with Gasteiger partial charge >= 0.3 is 0 Å². The first-order valence-corrected chi connectivity index (χ1v) is 6.85. The fourth-order valence-electron chi connectivity index (χ4n) is 2.05. The van der Waals surface area contributed by atoms with Gasteiger partial charge in [0.05, 0.1) is 7.11 Å². The number of nitrogens with zero attached hydrogens (tertiary/aromatic N) is 1. The van der Waals surface area contributed by atoms with E-state index in [4.69, 9.17) is 22.7 Å². The maximum Gasteiger partial charge on any atom is 0.165 e. The number of nitrogens with two attached hydrogens (primary N) is 1. The van der Waals surface area contributed by atoms with E-state index < -0.39 is 0 Å². The van der Waals surface area contributed by atoms with Gasteiger partial charge in [0, 0.05) is 24.8 Å². The van der Waals surface area contributed by atoms with Gasteiger partial charge in [0.2, 0.25) is 0 Å². The average molecular weight is 304 g/mol. The average Bonchev–Trinajstić information content (AvgIpc) is 2.47. The second-order valence-electron chi connectivity index (χ2n) is 4.74. The lowest BCUT2D eigenvalue weighted by atomic mass is 10.1. The zero-order valence-electron chi connectivity index (χ0n) is 12.0. The van der Waals surface area contributed by atoms with E-state index in [9.17, 15) is 4.39 Å². The highest BCUT2D eigenvalue weighted by Gasteiger charge is 2.07. The van der Waals surface area contributed by atoms with E-state index in [0.29, 0.717) is 11.5 Å². The maximum atomic E-state index is 13.7. The minimum Gasteiger partial charge on any atom is -0.494 e. The number of anilines is 1. The summed E-state index contributed by atoms with van der Waals surface area (Å²) in [6.07, 6.45) is 0. The number of rotatable bonds is 5. The molecular formula is C16H17FN2OS. The van der Waals surface area contributed by atoms with Gasteiger partial charge in [-0.15, -0.1) is 0 Å². The van der Waals surface area contributed by atoms with Crippen molar-refractivity contribution in [2.75, 3.05) is 19.1 Å². The van der Waals surface area contributed by atoms with Crippen molar-refractivity contribution in [1.29, 1.82) is 0 Å². The van der Waals surface area contributed by atoms with Crippen LogP contribution >= 0.6 is 12.2 Å². The molecule has 21 heavy (non-hydrogen) atoms. The van der Waals surface area contributed by atoms with E-state index in [1.54, 1.807) is 6.07 Å². The van der Waals surface area contributed by atoms with Crippen LogP contribution in [0.3, 0.4) is 0 Å². The van der Waals surface area contributed by atoms with E-state index in [2.05, 4.69) is 0 Å². The predicted molar refractivity (Wildman–Crippen MR) is 87.4 cm³/mol. The van der Waals surface area contributed by atoms with Crippen molar-refractivity contribution >= 4 is 22.9 Å². The zero-order valence-corrected chi connectivity index (χ0v) is 12.8. The molecule has 5 heteroatoms. The molecule has 0 radical (unpaired) electrons. The Balaban J connectivity index is 2.12. The van der Waals surface area contributed by atoms with Crippen molar-refractivity contribution in [3.05, 3.63) is 59.4 Å². The normalized spacial score (nSPS) is 10.2. The van der Waals surface area contributed by atoms with Gasteiger partial charge in [-0.1, -0.05) is 18.3 Å². The van der Waals surface area contributed by atoms with Gasteiger partial charge in [-0.3, -0.25) is 0 Å². The first-order valence-electron chi connectivity index (χ1n) is 6.44. The van der Waals surface area contributed by atoms with Crippen molar-refractivity contribution in [3.63, 3.8) is 0 Å². The number of halogens is 1. The van der Waals surface area contributed by atoms with Crippen LogP contribution < -0.4 is 15.4 Å². The molecule has 0 atom stereocenters. The summed E-state index contributed by atoms with van der Waals surface area (Å²) in [5.41, 5.74) is 8.28. The Labute approximate surface area is 129 Å². The highest BCUT2D eigenvalue weighted by molar-refractivity contribution is 7.80. The van der Waals surface area contributed by atoms with Crippen molar-refractivity contribution < 1.29 is 9.13 Å². The second kappa shape index (κ2) is 6.54. The molecule has 110 valence electrons. The topological polar surface area (TPSA) is 38.5 Å². The van der Waals surface area contributed by atoms with Gasteiger partial charge in [0.1, 0.15) is 4.99 Å². The number of ether oxygens (including phenoxy) is 1. The first kappa shape index (κ1) is 15.3. The van der Waals surface area contributed by atoms with Crippen LogP contribution in [-0.4, -0.2) is 19.1 Å². The van der Waals surface area contributed by atoms with Crippen molar-refractivity contribution in [1.82, 2.24) is 0 Å². The van der Waals surface area contributed by atoms with Crippen LogP contribution in [0.5, 0.6) is 5.75 Å². The smallest absolute Gasteiger partial charge is 0.165 e. The van der Waals surface area contributed by atoms with Gasteiger partial charge in [0.25, 0.3) is 0 Å². The predicted octanol–water partition coefficient (Wildman–Crippen LogP) is 3.10. The van der Waals surface area contributed by atoms with Crippen LogP contribution in [0, 0.1) is 5.82 Å². The molecule has 2 aromatic carbocycles. The van der Waals surface area contributed by atoms with Gasteiger partial charge in [0.15, 0.2) is 11.6 Å². The van der Waals surface area contributed by atoms with Crippen molar-refractivity contribution in [3.8, 4) is 5.75 Å². The Hall–Kier alpha value is -2.14. The fraction of sp³-hybridized carbons (Fsp3) is 0.188. The number of hydrogen-bond donors (Lipinski definition) is 1. The summed E-state index contributed by atoms with van der Waals surface area (Å²) in [5.74, 6) is -0.102. The Morgan fingerprint density at radius 3 is 2.43 bits per heavy atom. The molecule has 0 amide bonds. The fourth-order valence-corrected chi connectivity index (χ4v) is 2.19. The third kappa shape index (κ3) is 3.70. The van der Waals surface area contributed by atoms with Gasteiger partial charge in [-0.2, -0.15) is 0 Å². The lowest BCUT2D eigenvalue weighted by Gasteiger charge is -2.20. The number of thiocarbonyl (C=S) groups is 1. The molecule has 0 aliphatic rings. The quantitative estimate of drug-likeness (QED) is 0.862. The summed E-state index contributed by atoms with van der Waals surface area (Å²) < 4.78 is 18.6. The summed E-state index contributed by atoms with van der Waals surface area (Å²) in [7, 11) is 3.39. The zero-order chi connectivity index (χ0) is 15.4. The highest BCUT2D eigenvalue weighted by Crippen LogP contribution is 2.21. The number of benzene rings is 2. The lowest BCUT2D eigenvalue weighted by Crippen LogP contribution is -2.17. The van der Waals surface area contributed by atoms with Crippen molar-refractivity contribution in [2.24, 2.45) is 5.73 Å². The van der Waals surface area contributed by atoms with E-state index >= 15 is 0 Å². The van der Waals surface area contributed by atoms with Crippen LogP contribution in [0.15, 0.2) is 42.5 Å². The molecule has 2 aromatic rings. The summed E-state index contributed by atoms with van der Waals surface area (Å²) in [6, 6.07) is 12.6. The molecule has 0 aromatic heterocycles. The first-order chi connectivity index (χ1) is 10.0. The van der Waals surface area contributed by atoms with Gasteiger partial charge in [-0.05, 0) is 42.0 Å². The molecule has 0 saturated heterocycles. The summed E-state index contributed by atoms with van der Waals surface area (Å²) >= 11 is 4.92. The second-order valence-corrected chi connectivity index (χ2v) is 5.18. The molecule has 2 N–H and O–H groups in total. The van der Waals surface area contributed by atoms with E-state index in [1.165, 1.54) is 13.2 Å². The highest BCUT2D eigenvalue weighted by atomic mass is 32.1. The molecule has 0 bridgehead atoms. The third-order valence-electron chi connectivity index (χ3n) is 3.23. The van der Waals surface area contributed by atoms with Crippen LogP contribution in [-0.2, 0) is 6.54 Å². The minimum atomic E-state index is -0.354. The largest absolute Gasteiger partial charge is 0.494 e. The van der Waals surface area contributed by atoms with Gasteiger partial charge < -0.3 is 15.4 Å². The van der Waals surface area contributed by atoms with Crippen LogP contribution in [0.4, 0.5) is 10.1 Å². The molecule has 3 nitrogen and oxygen atoms in total. The summed E-state index contributed by atoms with van der Waals surface area (Å²) in [6.45, 7) is 0.591. The Bertz CT molecular complexity index is 643. The molecule has 0 aliphatic carbocycles. The van der Waals surface area contributed by atoms with Crippen molar-refractivity contribution in [2.45, 2.75) is 6.54 Å². The van der Waals surface area contributed by atoms with E-state index in [0.717, 1.165) is 16.8 Å². The Morgan fingerprint density at radius 1 is 1.24 bits per heavy atom. The molecular weight excluding hydrogens is 287 g/mol. The molecule has 0 fully saturated rings. The molecule has 0 unspecified atom stereocenters. The molecule has 0 spiro atoms. The maximum absolute atomic E-state index is 13.7. The van der Waals surface area contributed by atoms with Crippen LogP contribution in [0.1, 0.15) is 11.1 Å². The molecule has 0 saturated carbocycles. The van der Waals surface area contributed by atoms with E-state index in [-0.39, 0.29) is 11.6 Å². The van der Waals surface area contributed by atoms with E-state index in [1.807, 2.05) is 42.3 Å². The number of methoxy groups -OCH3 is 1. The summed E-state index contributed by atoms with van der Waals surface area (Å²) in [4.78, 5) is 2.39. The lowest BCUT2D eigenvalue weighted by molar-refractivity contribution is 0.386. The molecule has 0 heterocycles. The SMILES string of the molecule is COc1ccc(CN(C)c2ccc(C(N)=S)cc2)cc1F. The Morgan fingerprint density at radius 2 is 1.90 bits per heavy atom. The van der Waals surface area contributed by atoms with Crippen LogP contribution in [0.25, 0.3) is 0 Å².